The third-order valence-electron chi connectivity index (χ3n) is 1.85. The number of carbonyl (C=O) groups excluding carboxylic acids is 1. The second-order valence-corrected chi connectivity index (χ2v) is 3.33. The fourth-order valence-electron chi connectivity index (χ4n) is 1.11. The molecular weight excluding hydrogens is 146 g/mol. The summed E-state index contributed by atoms with van der Waals surface area (Å²) < 4.78 is 0. The predicted molar refractivity (Wildman–Crippen MR) is 43.7 cm³/mol. The van der Waals surface area contributed by atoms with Crippen molar-refractivity contribution in [3.63, 3.8) is 0 Å². The molecule has 1 saturated heterocycles. The molecule has 1 heterocycles. The Morgan fingerprint density at radius 2 is 2.10 bits per heavy atom. The maximum absolute atomic E-state index is 11.0. The highest BCUT2D eigenvalue weighted by molar-refractivity contribution is 7.80. The van der Waals surface area contributed by atoms with Crippen molar-refractivity contribution in [2.24, 2.45) is 11.8 Å². The zero-order valence-electron chi connectivity index (χ0n) is 6.18. The van der Waals surface area contributed by atoms with Gasteiger partial charge in [0.2, 0.25) is 5.91 Å². The fourth-order valence-corrected chi connectivity index (χ4v) is 1.31. The van der Waals surface area contributed by atoms with Gasteiger partial charge in [0.1, 0.15) is 0 Å². The van der Waals surface area contributed by atoms with Crippen LogP contribution in [-0.2, 0) is 4.79 Å². The molecule has 2 unspecified atom stereocenters. The molecule has 0 saturated carbocycles. The summed E-state index contributed by atoms with van der Waals surface area (Å²) in [7, 11) is 0. The summed E-state index contributed by atoms with van der Waals surface area (Å²) in [4.78, 5) is 11.6. The lowest BCUT2D eigenvalue weighted by Gasteiger charge is -2.24. The van der Waals surface area contributed by atoms with Crippen LogP contribution in [-0.4, -0.2) is 10.9 Å². The van der Waals surface area contributed by atoms with Crippen LogP contribution in [0, 0.1) is 11.8 Å². The molecule has 1 aliphatic heterocycles. The van der Waals surface area contributed by atoms with E-state index in [1.165, 1.54) is 0 Å². The number of thiocarbonyl (C=S) groups is 1. The Hall–Kier alpha value is -0.440. The van der Waals surface area contributed by atoms with Gasteiger partial charge in [0.15, 0.2) is 0 Å². The van der Waals surface area contributed by atoms with Gasteiger partial charge in [0, 0.05) is 11.8 Å². The van der Waals surface area contributed by atoms with Crippen molar-refractivity contribution in [1.29, 1.82) is 0 Å². The van der Waals surface area contributed by atoms with Gasteiger partial charge in [-0.1, -0.05) is 26.1 Å². The van der Waals surface area contributed by atoms with Crippen LogP contribution in [0.5, 0.6) is 0 Å². The Balaban J connectivity index is 2.63. The van der Waals surface area contributed by atoms with Crippen LogP contribution in [0.15, 0.2) is 0 Å². The van der Waals surface area contributed by atoms with Gasteiger partial charge in [0.05, 0.1) is 4.99 Å². The van der Waals surface area contributed by atoms with Gasteiger partial charge < -0.3 is 5.32 Å². The van der Waals surface area contributed by atoms with E-state index in [0.717, 1.165) is 6.42 Å². The summed E-state index contributed by atoms with van der Waals surface area (Å²) in [5, 5.41) is 2.67. The van der Waals surface area contributed by atoms with E-state index >= 15 is 0 Å². The second-order valence-electron chi connectivity index (χ2n) is 2.89. The summed E-state index contributed by atoms with van der Waals surface area (Å²) in [6.45, 7) is 3.96. The van der Waals surface area contributed by atoms with E-state index in [1.54, 1.807) is 0 Å². The van der Waals surface area contributed by atoms with Crippen LogP contribution in [0.2, 0.25) is 0 Å². The number of amides is 1. The largest absolute Gasteiger partial charge is 0.320 e. The van der Waals surface area contributed by atoms with Crippen molar-refractivity contribution < 1.29 is 4.79 Å². The lowest BCUT2D eigenvalue weighted by Crippen LogP contribution is -2.43. The Morgan fingerprint density at radius 3 is 2.60 bits per heavy atom. The average Bonchev–Trinajstić information content (AvgIpc) is 1.84. The van der Waals surface area contributed by atoms with Crippen LogP contribution in [0.25, 0.3) is 0 Å². The summed E-state index contributed by atoms with van der Waals surface area (Å²) in [6, 6.07) is 0. The van der Waals surface area contributed by atoms with E-state index < -0.39 is 0 Å². The third kappa shape index (κ3) is 1.34. The molecule has 1 N–H and O–H groups in total. The molecule has 1 rings (SSSR count). The molecule has 0 spiro atoms. The predicted octanol–water partition coefficient (Wildman–Crippen LogP) is 1.11. The average molecular weight is 157 g/mol. The van der Waals surface area contributed by atoms with Crippen LogP contribution in [0.1, 0.15) is 20.3 Å². The molecule has 1 fully saturated rings. The quantitative estimate of drug-likeness (QED) is 0.534. The fraction of sp³-hybridized carbons (Fsp3) is 0.714. The lowest BCUT2D eigenvalue weighted by molar-refractivity contribution is -0.124. The van der Waals surface area contributed by atoms with Crippen LogP contribution in [0.3, 0.4) is 0 Å². The summed E-state index contributed by atoms with van der Waals surface area (Å²) in [6.07, 6.45) is 0.894. The molecule has 0 aromatic rings. The molecule has 1 aliphatic rings. The lowest BCUT2D eigenvalue weighted by atomic mass is 9.93. The molecule has 0 aliphatic carbocycles. The standard InChI is InChI=1S/C7H11NOS/c1-4-3-5(2)7(10)8-6(4)9/h4-5H,3H2,1-2H3,(H,8,9,10). The number of carbonyl (C=O) groups is 1. The topological polar surface area (TPSA) is 29.1 Å². The summed E-state index contributed by atoms with van der Waals surface area (Å²) in [5.41, 5.74) is 0. The van der Waals surface area contributed by atoms with Gasteiger partial charge in [-0.05, 0) is 6.42 Å². The van der Waals surface area contributed by atoms with Crippen LogP contribution >= 0.6 is 12.2 Å². The maximum Gasteiger partial charge on any atom is 0.227 e. The van der Waals surface area contributed by atoms with Crippen LogP contribution in [0.4, 0.5) is 0 Å². The molecule has 0 aromatic carbocycles. The van der Waals surface area contributed by atoms with Crippen molar-refractivity contribution in [2.75, 3.05) is 0 Å². The van der Waals surface area contributed by atoms with E-state index in [9.17, 15) is 4.79 Å². The Bertz CT molecular complexity index is 160. The SMILES string of the molecule is CC1CC(C)C(=S)NC1=O. The normalized spacial score (nSPS) is 33.8. The van der Waals surface area contributed by atoms with Crippen molar-refractivity contribution in [1.82, 2.24) is 5.32 Å². The minimum absolute atomic E-state index is 0.0723. The molecule has 0 bridgehead atoms. The molecule has 10 heavy (non-hydrogen) atoms. The first kappa shape index (κ1) is 7.66. The first-order valence-electron chi connectivity index (χ1n) is 3.46. The van der Waals surface area contributed by atoms with Gasteiger partial charge in [-0.25, -0.2) is 0 Å². The Kier molecular flexibility index (Phi) is 2.04. The Labute approximate surface area is 66.0 Å². The second kappa shape index (κ2) is 2.66. The number of hydrogen-bond donors (Lipinski definition) is 1. The van der Waals surface area contributed by atoms with Gasteiger partial charge >= 0.3 is 0 Å². The van der Waals surface area contributed by atoms with E-state index in [1.807, 2.05) is 13.8 Å². The monoisotopic (exact) mass is 157 g/mol. The Morgan fingerprint density at radius 1 is 1.50 bits per heavy atom. The molecule has 2 nitrogen and oxygen atoms in total. The first-order chi connectivity index (χ1) is 4.61. The van der Waals surface area contributed by atoms with Gasteiger partial charge in [0.25, 0.3) is 0 Å². The number of piperidine rings is 1. The van der Waals surface area contributed by atoms with Crippen LogP contribution < -0.4 is 5.32 Å². The zero-order chi connectivity index (χ0) is 7.72. The summed E-state index contributed by atoms with van der Waals surface area (Å²) in [5.74, 6) is 0.562. The van der Waals surface area contributed by atoms with E-state index in [-0.39, 0.29) is 11.8 Å². The maximum atomic E-state index is 11.0. The van der Waals surface area contributed by atoms with Crippen molar-refractivity contribution in [3.8, 4) is 0 Å². The van der Waals surface area contributed by atoms with Gasteiger partial charge in [-0.15, -0.1) is 0 Å². The molecular formula is C7H11NOS. The first-order valence-corrected chi connectivity index (χ1v) is 3.87. The molecule has 0 radical (unpaired) electrons. The highest BCUT2D eigenvalue weighted by Gasteiger charge is 2.25. The zero-order valence-corrected chi connectivity index (χ0v) is 6.99. The molecule has 2 atom stereocenters. The van der Waals surface area contributed by atoms with E-state index in [4.69, 9.17) is 12.2 Å². The van der Waals surface area contributed by atoms with Gasteiger partial charge in [-0.3, -0.25) is 4.79 Å². The smallest absolute Gasteiger partial charge is 0.227 e. The van der Waals surface area contributed by atoms with E-state index in [2.05, 4.69) is 5.32 Å². The minimum Gasteiger partial charge on any atom is -0.320 e. The van der Waals surface area contributed by atoms with Crippen molar-refractivity contribution in [3.05, 3.63) is 0 Å². The number of rotatable bonds is 0. The summed E-state index contributed by atoms with van der Waals surface area (Å²) >= 11 is 4.93. The molecule has 56 valence electrons. The molecule has 1 amide bonds. The minimum atomic E-state index is 0.0723. The van der Waals surface area contributed by atoms with Crippen molar-refractivity contribution in [2.45, 2.75) is 20.3 Å². The van der Waals surface area contributed by atoms with Crippen molar-refractivity contribution >= 4 is 23.1 Å². The number of hydrogen-bond acceptors (Lipinski definition) is 2. The van der Waals surface area contributed by atoms with Gasteiger partial charge in [-0.2, -0.15) is 0 Å². The highest BCUT2D eigenvalue weighted by Crippen LogP contribution is 2.17. The molecule has 3 heteroatoms. The number of nitrogens with one attached hydrogen (secondary N) is 1. The highest BCUT2D eigenvalue weighted by atomic mass is 32.1. The third-order valence-corrected chi connectivity index (χ3v) is 2.35. The van der Waals surface area contributed by atoms with E-state index in [0.29, 0.717) is 10.9 Å². The molecule has 0 aromatic heterocycles.